The highest BCUT2D eigenvalue weighted by molar-refractivity contribution is 5.87. The zero-order valence-corrected chi connectivity index (χ0v) is 23.8. The van der Waals surface area contributed by atoms with Gasteiger partial charge in [0.15, 0.2) is 0 Å². The van der Waals surface area contributed by atoms with E-state index in [-0.39, 0.29) is 24.3 Å². The van der Waals surface area contributed by atoms with Crippen LogP contribution in [0.4, 0.5) is 0 Å². The third-order valence-corrected chi connectivity index (χ3v) is 9.48. The number of nitrogens with one attached hydrogen (secondary N) is 6. The summed E-state index contributed by atoms with van der Waals surface area (Å²) in [6, 6.07) is 1.58. The van der Waals surface area contributed by atoms with Crippen LogP contribution in [0.2, 0.25) is 0 Å². The van der Waals surface area contributed by atoms with Crippen LogP contribution in [0, 0.1) is 5.92 Å². The molecule has 8 unspecified atom stereocenters. The summed E-state index contributed by atoms with van der Waals surface area (Å²) in [6.07, 6.45) is 14.6. The molecule has 8 atom stereocenters. The number of ether oxygens (including phenoxy) is 2. The fourth-order valence-electron chi connectivity index (χ4n) is 7.25. The number of hydrogen-bond acceptors (Lipinski definition) is 10. The van der Waals surface area contributed by atoms with Crippen LogP contribution >= 0.6 is 0 Å². The Labute approximate surface area is 237 Å². The first-order chi connectivity index (χ1) is 19.5. The molecule has 6 rings (SSSR count). The summed E-state index contributed by atoms with van der Waals surface area (Å²) < 4.78 is 12.1. The van der Waals surface area contributed by atoms with E-state index in [1.807, 2.05) is 16.0 Å². The van der Waals surface area contributed by atoms with Gasteiger partial charge in [0.25, 0.3) is 0 Å². The third kappa shape index (κ3) is 5.81. The van der Waals surface area contributed by atoms with E-state index in [0.717, 1.165) is 63.4 Å². The SMILES string of the molecule is C=CC(=O)N1CC=C(C2CCC3NCNC(NC4CCC(OC5=CC6NCNN6C(OC)=C5)C(C)C4)C3N2)CC1. The summed E-state index contributed by atoms with van der Waals surface area (Å²) >= 11 is 0. The highest BCUT2D eigenvalue weighted by atomic mass is 16.5. The number of amides is 1. The van der Waals surface area contributed by atoms with Crippen molar-refractivity contribution in [3.05, 3.63) is 48.1 Å². The number of methoxy groups -OCH3 is 1. The predicted octanol–water partition coefficient (Wildman–Crippen LogP) is 0.539. The molecule has 1 saturated carbocycles. The molecule has 5 heterocycles. The van der Waals surface area contributed by atoms with Crippen LogP contribution in [0.15, 0.2) is 48.1 Å². The van der Waals surface area contributed by atoms with Crippen LogP contribution in [-0.2, 0) is 14.3 Å². The lowest BCUT2D eigenvalue weighted by Gasteiger charge is -2.48. The molecule has 0 bridgehead atoms. The smallest absolute Gasteiger partial charge is 0.246 e. The van der Waals surface area contributed by atoms with E-state index in [0.29, 0.717) is 43.3 Å². The normalized spacial score (nSPS) is 37.9. The van der Waals surface area contributed by atoms with Gasteiger partial charge in [0, 0.05) is 44.0 Å². The third-order valence-electron chi connectivity index (χ3n) is 9.48. The van der Waals surface area contributed by atoms with E-state index in [9.17, 15) is 4.79 Å². The first kappa shape index (κ1) is 27.7. The second-order valence-electron chi connectivity index (χ2n) is 11.9. The van der Waals surface area contributed by atoms with Crippen molar-refractivity contribution in [2.24, 2.45) is 5.92 Å². The zero-order valence-electron chi connectivity index (χ0n) is 23.8. The number of fused-ring (bicyclic) bond motifs is 2. The van der Waals surface area contributed by atoms with E-state index in [1.165, 1.54) is 11.6 Å². The number of hydrogen-bond donors (Lipinski definition) is 6. The average Bonchev–Trinajstić information content (AvgIpc) is 3.47. The maximum absolute atomic E-state index is 12.0. The fraction of sp³-hybridized carbons (Fsp3) is 0.690. The summed E-state index contributed by atoms with van der Waals surface area (Å²) in [7, 11) is 1.69. The molecule has 11 heteroatoms. The van der Waals surface area contributed by atoms with Gasteiger partial charge in [-0.25, -0.2) is 5.43 Å². The zero-order chi connectivity index (χ0) is 27.6. The van der Waals surface area contributed by atoms with E-state index < -0.39 is 0 Å². The minimum Gasteiger partial charge on any atom is -0.490 e. The molecular formula is C29H46N8O3. The van der Waals surface area contributed by atoms with Gasteiger partial charge in [0.2, 0.25) is 11.8 Å². The summed E-state index contributed by atoms with van der Waals surface area (Å²) in [6.45, 7) is 8.93. The van der Waals surface area contributed by atoms with Crippen molar-refractivity contribution in [1.82, 2.24) is 41.9 Å². The lowest BCUT2D eigenvalue weighted by atomic mass is 9.82. The molecule has 0 aromatic rings. The molecule has 40 heavy (non-hydrogen) atoms. The Balaban J connectivity index is 1.03. The summed E-state index contributed by atoms with van der Waals surface area (Å²) in [5.74, 6) is 2.11. The Bertz CT molecular complexity index is 1050. The summed E-state index contributed by atoms with van der Waals surface area (Å²) in [4.78, 5) is 13.9. The summed E-state index contributed by atoms with van der Waals surface area (Å²) in [5.41, 5.74) is 4.71. The van der Waals surface area contributed by atoms with Crippen molar-refractivity contribution in [2.75, 3.05) is 33.5 Å². The standard InChI is InChI=1S/C29H46N8O3/c1-4-26(38)36-11-9-19(10-12-36)22-6-7-23-28(35-22)29(32-16-30-23)34-20-5-8-24(18(2)13-20)40-21-14-25-31-17-33-37(25)27(15-21)39-3/h4,9,14-15,18,20,22-25,28-35H,1,5-8,10-13,16-17H2,2-3H3. The number of carbonyl (C=O) groups excluding carboxylic acids is 1. The number of rotatable bonds is 7. The molecular weight excluding hydrogens is 508 g/mol. The monoisotopic (exact) mass is 554 g/mol. The maximum Gasteiger partial charge on any atom is 0.246 e. The number of nitrogens with zero attached hydrogens (tertiary/aromatic N) is 2. The minimum atomic E-state index is 0.0210. The van der Waals surface area contributed by atoms with Crippen LogP contribution in [0.1, 0.15) is 45.4 Å². The second-order valence-corrected chi connectivity index (χ2v) is 11.9. The van der Waals surface area contributed by atoms with Crippen molar-refractivity contribution in [2.45, 2.75) is 88.1 Å². The lowest BCUT2D eigenvalue weighted by molar-refractivity contribution is -0.125. The Hall–Kier alpha value is -2.41. The van der Waals surface area contributed by atoms with E-state index in [2.05, 4.69) is 57.7 Å². The minimum absolute atomic E-state index is 0.0210. The quantitative estimate of drug-likeness (QED) is 0.197. The summed E-state index contributed by atoms with van der Waals surface area (Å²) in [5, 5.41) is 20.7. The molecule has 11 nitrogen and oxygen atoms in total. The van der Waals surface area contributed by atoms with Crippen molar-refractivity contribution in [1.29, 1.82) is 0 Å². The molecule has 3 saturated heterocycles. The molecule has 0 aromatic heterocycles. The number of hydrazine groups is 1. The number of carbonyl (C=O) groups is 1. The first-order valence-electron chi connectivity index (χ1n) is 15.0. The van der Waals surface area contributed by atoms with Gasteiger partial charge >= 0.3 is 0 Å². The Morgan fingerprint density at radius 1 is 1.18 bits per heavy atom. The molecule has 0 aromatic carbocycles. The van der Waals surface area contributed by atoms with Crippen molar-refractivity contribution >= 4 is 5.91 Å². The number of allylic oxidation sites excluding steroid dienone is 1. The van der Waals surface area contributed by atoms with E-state index in [4.69, 9.17) is 9.47 Å². The molecule has 1 amide bonds. The molecule has 0 radical (unpaired) electrons. The van der Waals surface area contributed by atoms with Gasteiger partial charge in [0.05, 0.1) is 26.0 Å². The molecule has 6 N–H and O–H groups in total. The number of piperidine rings is 1. The molecule has 5 aliphatic heterocycles. The van der Waals surface area contributed by atoms with Gasteiger partial charge in [-0.1, -0.05) is 25.2 Å². The van der Waals surface area contributed by atoms with Crippen LogP contribution < -0.4 is 32.0 Å². The van der Waals surface area contributed by atoms with Gasteiger partial charge < -0.3 is 19.7 Å². The van der Waals surface area contributed by atoms with Gasteiger partial charge in [-0.05, 0) is 56.6 Å². The lowest BCUT2D eigenvalue weighted by Crippen LogP contribution is -2.73. The molecule has 220 valence electrons. The highest BCUT2D eigenvalue weighted by Crippen LogP contribution is 2.32. The average molecular weight is 555 g/mol. The van der Waals surface area contributed by atoms with Gasteiger partial charge in [-0.3, -0.25) is 31.1 Å². The first-order valence-corrected chi connectivity index (χ1v) is 15.0. The maximum atomic E-state index is 12.0. The topological polar surface area (TPSA) is 114 Å². The van der Waals surface area contributed by atoms with Gasteiger partial charge in [-0.15, -0.1) is 0 Å². The van der Waals surface area contributed by atoms with E-state index in [1.54, 1.807) is 7.11 Å². The Morgan fingerprint density at radius 3 is 2.85 bits per heavy atom. The van der Waals surface area contributed by atoms with Crippen LogP contribution in [0.25, 0.3) is 0 Å². The Kier molecular flexibility index (Phi) is 8.47. The predicted molar refractivity (Wildman–Crippen MR) is 153 cm³/mol. The molecule has 6 aliphatic rings. The van der Waals surface area contributed by atoms with Crippen molar-refractivity contribution in [3.8, 4) is 0 Å². The molecule has 0 spiro atoms. The highest BCUT2D eigenvalue weighted by Gasteiger charge is 2.41. The fourth-order valence-corrected chi connectivity index (χ4v) is 7.25. The largest absolute Gasteiger partial charge is 0.490 e. The van der Waals surface area contributed by atoms with Crippen molar-refractivity contribution in [3.63, 3.8) is 0 Å². The van der Waals surface area contributed by atoms with Gasteiger partial charge in [0.1, 0.15) is 18.0 Å². The van der Waals surface area contributed by atoms with Crippen LogP contribution in [0.3, 0.4) is 0 Å². The Morgan fingerprint density at radius 2 is 2.08 bits per heavy atom. The van der Waals surface area contributed by atoms with Crippen LogP contribution in [-0.4, -0.2) is 92.0 Å². The van der Waals surface area contributed by atoms with Gasteiger partial charge in [-0.2, -0.15) is 0 Å². The van der Waals surface area contributed by atoms with Crippen LogP contribution in [0.5, 0.6) is 0 Å². The second kappa shape index (κ2) is 12.2. The molecule has 1 aliphatic carbocycles. The molecule has 4 fully saturated rings. The van der Waals surface area contributed by atoms with E-state index >= 15 is 0 Å². The van der Waals surface area contributed by atoms with Crippen molar-refractivity contribution < 1.29 is 14.3 Å².